The molecule has 5 nitrogen and oxygen atoms in total. The van der Waals surface area contributed by atoms with Gasteiger partial charge in [0.05, 0.1) is 11.6 Å². The van der Waals surface area contributed by atoms with Crippen molar-refractivity contribution >= 4 is 16.9 Å². The highest BCUT2D eigenvalue weighted by Gasteiger charge is 2.28. The Morgan fingerprint density at radius 1 is 1.47 bits per heavy atom. The van der Waals surface area contributed by atoms with Crippen molar-refractivity contribution in [1.82, 2.24) is 4.98 Å². The van der Waals surface area contributed by atoms with Crippen LogP contribution in [0.15, 0.2) is 27.4 Å². The van der Waals surface area contributed by atoms with Gasteiger partial charge in [0.1, 0.15) is 5.41 Å². The zero-order chi connectivity index (χ0) is 12.6. The topological polar surface area (TPSA) is 86.9 Å². The van der Waals surface area contributed by atoms with Crippen molar-refractivity contribution in [3.8, 4) is 6.07 Å². The van der Waals surface area contributed by atoms with E-state index in [2.05, 4.69) is 4.98 Å². The van der Waals surface area contributed by atoms with E-state index in [4.69, 9.17) is 9.68 Å². The van der Waals surface area contributed by atoms with Crippen LogP contribution in [0.1, 0.15) is 24.2 Å². The van der Waals surface area contributed by atoms with E-state index in [1.807, 2.05) is 6.07 Å². The van der Waals surface area contributed by atoms with Gasteiger partial charge in [-0.2, -0.15) is 5.26 Å². The number of carbonyl (C=O) groups is 1. The molecule has 0 atom stereocenters. The third-order valence-electron chi connectivity index (χ3n) is 2.53. The molecule has 0 saturated heterocycles. The van der Waals surface area contributed by atoms with Crippen LogP contribution in [-0.4, -0.2) is 10.8 Å². The summed E-state index contributed by atoms with van der Waals surface area (Å²) in [6.45, 7) is 3.11. The van der Waals surface area contributed by atoms with Gasteiger partial charge in [-0.25, -0.2) is 4.79 Å². The summed E-state index contributed by atoms with van der Waals surface area (Å²) in [5.74, 6) is -0.854. The molecular formula is C12H10N2O3. The predicted octanol–water partition coefficient (Wildman–Crippen LogP) is 1.85. The minimum Gasteiger partial charge on any atom is -0.408 e. The largest absolute Gasteiger partial charge is 0.417 e. The molecule has 1 heterocycles. The molecule has 86 valence electrons. The maximum atomic E-state index is 12.0. The summed E-state index contributed by atoms with van der Waals surface area (Å²) in [6.07, 6.45) is 0. The number of aromatic nitrogens is 1. The molecule has 0 unspecified atom stereocenters. The van der Waals surface area contributed by atoms with E-state index >= 15 is 0 Å². The van der Waals surface area contributed by atoms with E-state index in [-0.39, 0.29) is 5.78 Å². The Hall–Kier alpha value is -2.35. The van der Waals surface area contributed by atoms with Gasteiger partial charge in [-0.3, -0.25) is 9.78 Å². The number of hydrogen-bond donors (Lipinski definition) is 1. The first-order valence-corrected chi connectivity index (χ1v) is 5.03. The highest BCUT2D eigenvalue weighted by molar-refractivity contribution is 6.03. The molecule has 0 amide bonds. The maximum absolute atomic E-state index is 12.0. The molecule has 0 radical (unpaired) electrons. The number of H-pyrrole nitrogens is 1. The molecule has 0 bridgehead atoms. The zero-order valence-corrected chi connectivity index (χ0v) is 9.40. The van der Waals surface area contributed by atoms with Gasteiger partial charge in [0, 0.05) is 5.56 Å². The van der Waals surface area contributed by atoms with Gasteiger partial charge in [0.15, 0.2) is 11.4 Å². The van der Waals surface area contributed by atoms with Crippen LogP contribution in [0.2, 0.25) is 0 Å². The van der Waals surface area contributed by atoms with Crippen LogP contribution < -0.4 is 5.76 Å². The van der Waals surface area contributed by atoms with Gasteiger partial charge in [-0.05, 0) is 32.0 Å². The molecule has 0 aliphatic heterocycles. The number of nitriles is 1. The molecule has 0 aliphatic rings. The highest BCUT2D eigenvalue weighted by atomic mass is 16.4. The predicted molar refractivity (Wildman–Crippen MR) is 60.6 cm³/mol. The fraction of sp³-hybridized carbons (Fsp3) is 0.250. The van der Waals surface area contributed by atoms with E-state index < -0.39 is 11.2 Å². The lowest BCUT2D eigenvalue weighted by molar-refractivity contribution is 0.0892. The molecule has 0 saturated carbocycles. The van der Waals surface area contributed by atoms with Gasteiger partial charge in [-0.15, -0.1) is 0 Å². The Morgan fingerprint density at radius 3 is 2.82 bits per heavy atom. The second kappa shape index (κ2) is 3.59. The smallest absolute Gasteiger partial charge is 0.408 e. The Kier molecular flexibility index (Phi) is 2.36. The van der Waals surface area contributed by atoms with Crippen LogP contribution in [0.3, 0.4) is 0 Å². The fourth-order valence-corrected chi connectivity index (χ4v) is 1.50. The van der Waals surface area contributed by atoms with Gasteiger partial charge < -0.3 is 4.42 Å². The Balaban J connectivity index is 2.54. The number of benzene rings is 1. The van der Waals surface area contributed by atoms with Crippen molar-refractivity contribution in [2.75, 3.05) is 0 Å². The third kappa shape index (κ3) is 1.85. The van der Waals surface area contributed by atoms with Crippen LogP contribution >= 0.6 is 0 Å². The van der Waals surface area contributed by atoms with Crippen LogP contribution in [0.4, 0.5) is 0 Å². The second-order valence-corrected chi connectivity index (χ2v) is 4.29. The first kappa shape index (κ1) is 11.1. The van der Waals surface area contributed by atoms with Crippen molar-refractivity contribution in [2.45, 2.75) is 13.8 Å². The van der Waals surface area contributed by atoms with E-state index in [0.717, 1.165) is 0 Å². The first-order valence-electron chi connectivity index (χ1n) is 5.03. The molecule has 17 heavy (non-hydrogen) atoms. The average molecular weight is 230 g/mol. The van der Waals surface area contributed by atoms with Crippen LogP contribution in [-0.2, 0) is 0 Å². The molecule has 2 rings (SSSR count). The average Bonchev–Trinajstić information content (AvgIpc) is 2.66. The molecule has 0 fully saturated rings. The van der Waals surface area contributed by atoms with E-state index in [1.54, 1.807) is 19.9 Å². The first-order chi connectivity index (χ1) is 7.94. The van der Waals surface area contributed by atoms with Crippen molar-refractivity contribution in [3.63, 3.8) is 0 Å². The lowest BCUT2D eigenvalue weighted by Gasteiger charge is -2.13. The van der Waals surface area contributed by atoms with E-state index in [0.29, 0.717) is 16.7 Å². The minimum atomic E-state index is -1.09. The molecule has 2 aromatic rings. The normalized spacial score (nSPS) is 11.4. The summed E-state index contributed by atoms with van der Waals surface area (Å²) in [5, 5.41) is 8.90. The fourth-order valence-electron chi connectivity index (χ4n) is 1.50. The summed E-state index contributed by atoms with van der Waals surface area (Å²) in [7, 11) is 0. The minimum absolute atomic E-state index is 0.288. The quantitative estimate of drug-likeness (QED) is 0.797. The van der Waals surface area contributed by atoms with Crippen LogP contribution in [0.25, 0.3) is 11.1 Å². The number of aromatic amines is 1. The van der Waals surface area contributed by atoms with Crippen LogP contribution in [0.5, 0.6) is 0 Å². The molecular weight excluding hydrogens is 220 g/mol. The monoisotopic (exact) mass is 230 g/mol. The number of nitrogens with zero attached hydrogens (tertiary/aromatic N) is 1. The van der Waals surface area contributed by atoms with Crippen LogP contribution in [0, 0.1) is 16.7 Å². The number of ketones is 1. The van der Waals surface area contributed by atoms with Gasteiger partial charge in [0.25, 0.3) is 0 Å². The highest BCUT2D eigenvalue weighted by Crippen LogP contribution is 2.22. The number of oxazole rings is 1. The number of nitrogens with one attached hydrogen (secondary N) is 1. The lowest BCUT2D eigenvalue weighted by atomic mass is 9.86. The Morgan fingerprint density at radius 2 is 2.18 bits per heavy atom. The second-order valence-electron chi connectivity index (χ2n) is 4.29. The van der Waals surface area contributed by atoms with Gasteiger partial charge in [-0.1, -0.05) is 0 Å². The summed E-state index contributed by atoms with van der Waals surface area (Å²) in [5.41, 5.74) is 0.134. The zero-order valence-electron chi connectivity index (χ0n) is 9.40. The summed E-state index contributed by atoms with van der Waals surface area (Å²) < 4.78 is 4.83. The van der Waals surface area contributed by atoms with Gasteiger partial charge in [0.2, 0.25) is 0 Å². The molecule has 0 aliphatic carbocycles. The number of Topliss-reactive ketones (excluding diaryl/α,β-unsaturated/α-hetero) is 1. The number of fused-ring (bicyclic) bond motifs is 1. The van der Waals surface area contributed by atoms with E-state index in [1.165, 1.54) is 12.1 Å². The maximum Gasteiger partial charge on any atom is 0.417 e. The van der Waals surface area contributed by atoms with Crippen molar-refractivity contribution in [2.24, 2.45) is 5.41 Å². The Labute approximate surface area is 96.7 Å². The summed E-state index contributed by atoms with van der Waals surface area (Å²) >= 11 is 0. The molecule has 1 aromatic heterocycles. The number of carbonyl (C=O) groups excluding carboxylic acids is 1. The van der Waals surface area contributed by atoms with Gasteiger partial charge >= 0.3 is 5.76 Å². The molecule has 1 aromatic carbocycles. The SMILES string of the molecule is CC(C)(C#N)C(=O)c1ccc2oc(=O)[nH]c2c1. The number of hydrogen-bond acceptors (Lipinski definition) is 4. The van der Waals surface area contributed by atoms with E-state index in [9.17, 15) is 9.59 Å². The lowest BCUT2D eigenvalue weighted by Crippen LogP contribution is -2.22. The standard InChI is InChI=1S/C12H10N2O3/c1-12(2,6-13)10(15)7-3-4-9-8(5-7)14-11(16)17-9/h3-5H,1-2H3,(H,14,16). The Bertz CT molecular complexity index is 686. The summed E-state index contributed by atoms with van der Waals surface area (Å²) in [6, 6.07) is 6.54. The number of rotatable bonds is 2. The molecule has 1 N–H and O–H groups in total. The van der Waals surface area contributed by atoms with Crippen molar-refractivity contribution in [1.29, 1.82) is 5.26 Å². The third-order valence-corrected chi connectivity index (χ3v) is 2.53. The van der Waals surface area contributed by atoms with Crippen molar-refractivity contribution < 1.29 is 9.21 Å². The molecule has 5 heteroatoms. The summed E-state index contributed by atoms with van der Waals surface area (Å²) in [4.78, 5) is 25.4. The molecule has 0 spiro atoms. The van der Waals surface area contributed by atoms with Crippen molar-refractivity contribution in [3.05, 3.63) is 34.3 Å².